The highest BCUT2D eigenvalue weighted by Crippen LogP contribution is 2.29. The van der Waals surface area contributed by atoms with E-state index in [0.29, 0.717) is 5.75 Å². The molecule has 0 saturated carbocycles. The second-order valence-corrected chi connectivity index (χ2v) is 5.64. The molecule has 0 bridgehead atoms. The Morgan fingerprint density at radius 1 is 1.24 bits per heavy atom. The van der Waals surface area contributed by atoms with Crippen LogP contribution in [0.1, 0.15) is 0 Å². The third-order valence-corrected chi connectivity index (χ3v) is 4.17. The second-order valence-electron chi connectivity index (χ2n) is 3.51. The summed E-state index contributed by atoms with van der Waals surface area (Å²) in [7, 11) is 0.765. The Bertz CT molecular complexity index is 647. The molecule has 2 aromatic rings. The van der Waals surface area contributed by atoms with Crippen LogP contribution in [0, 0.1) is 0 Å². The fourth-order valence-corrected chi connectivity index (χ4v) is 2.40. The summed E-state index contributed by atoms with van der Waals surface area (Å²) in [6, 6.07) is 2.93. The van der Waals surface area contributed by atoms with Gasteiger partial charge in [-0.25, -0.2) is 17.4 Å². The van der Waals surface area contributed by atoms with Gasteiger partial charge in [-0.2, -0.15) is 0 Å². The van der Waals surface area contributed by atoms with E-state index >= 15 is 0 Å². The lowest BCUT2D eigenvalue weighted by molar-refractivity contribution is 0.313. The maximum absolute atomic E-state index is 12.0. The molecule has 17 heavy (non-hydrogen) atoms. The number of benzene rings is 1. The van der Waals surface area contributed by atoms with Gasteiger partial charge in [0.2, 0.25) is 10.0 Å². The zero-order valence-electron chi connectivity index (χ0n) is 9.54. The van der Waals surface area contributed by atoms with Crippen LogP contribution in [0.4, 0.5) is 0 Å². The van der Waals surface area contributed by atoms with Gasteiger partial charge in [-0.1, -0.05) is 0 Å². The van der Waals surface area contributed by atoms with E-state index in [1.165, 1.54) is 33.3 Å². The topological polar surface area (TPSA) is 85.5 Å². The van der Waals surface area contributed by atoms with Crippen LogP contribution >= 0.6 is 0 Å². The molecule has 8 heteroatoms. The van der Waals surface area contributed by atoms with Crippen LogP contribution in [0.2, 0.25) is 0 Å². The zero-order valence-corrected chi connectivity index (χ0v) is 10.4. The fourth-order valence-electron chi connectivity index (χ4n) is 1.39. The van der Waals surface area contributed by atoms with Gasteiger partial charge in [0.15, 0.2) is 11.0 Å². The van der Waals surface area contributed by atoms with E-state index in [0.717, 1.165) is 4.31 Å². The largest absolute Gasteiger partial charge is 0.494 e. The quantitative estimate of drug-likeness (QED) is 0.795. The highest BCUT2D eigenvalue weighted by Gasteiger charge is 2.24. The summed E-state index contributed by atoms with van der Waals surface area (Å²) in [5.74, 6) is 0.416. The monoisotopic (exact) mass is 257 g/mol. The maximum Gasteiger partial charge on any atom is 0.244 e. The number of nitrogens with zero attached hydrogens (tertiary/aromatic N) is 3. The van der Waals surface area contributed by atoms with Crippen LogP contribution < -0.4 is 4.74 Å². The third kappa shape index (κ3) is 1.75. The van der Waals surface area contributed by atoms with Crippen molar-refractivity contribution in [1.82, 2.24) is 14.6 Å². The highest BCUT2D eigenvalue weighted by molar-refractivity contribution is 7.89. The molecule has 0 aliphatic heterocycles. The standard InChI is InChI=1S/C9H11N3O4S/c1-12(2)17(13,14)7-5-4-6(15-3)8-9(7)11-16-10-8/h4-5H,1-3H3. The summed E-state index contributed by atoms with van der Waals surface area (Å²) in [6.45, 7) is 0. The van der Waals surface area contributed by atoms with Crippen molar-refractivity contribution in [2.24, 2.45) is 0 Å². The van der Waals surface area contributed by atoms with Gasteiger partial charge in [0.1, 0.15) is 10.6 Å². The smallest absolute Gasteiger partial charge is 0.244 e. The summed E-state index contributed by atoms with van der Waals surface area (Å²) in [5.41, 5.74) is 0.452. The van der Waals surface area contributed by atoms with Crippen molar-refractivity contribution in [3.63, 3.8) is 0 Å². The molecule has 2 rings (SSSR count). The Balaban J connectivity index is 2.78. The van der Waals surface area contributed by atoms with E-state index in [2.05, 4.69) is 14.9 Å². The molecule has 0 aliphatic carbocycles. The number of hydrogen-bond acceptors (Lipinski definition) is 6. The molecule has 0 atom stereocenters. The first-order valence-electron chi connectivity index (χ1n) is 4.70. The van der Waals surface area contributed by atoms with Crippen molar-refractivity contribution in [1.29, 1.82) is 0 Å². The number of aromatic nitrogens is 2. The first kappa shape index (κ1) is 11.8. The molecule has 0 saturated heterocycles. The molecule has 7 nitrogen and oxygen atoms in total. The number of sulfonamides is 1. The summed E-state index contributed by atoms with van der Waals surface area (Å²) in [4.78, 5) is 0.0413. The third-order valence-electron chi connectivity index (χ3n) is 2.32. The first-order valence-corrected chi connectivity index (χ1v) is 6.14. The van der Waals surface area contributed by atoms with E-state index in [-0.39, 0.29) is 15.9 Å². The molecule has 0 fully saturated rings. The summed E-state index contributed by atoms with van der Waals surface area (Å²) in [5, 5.41) is 7.23. The fraction of sp³-hybridized carbons (Fsp3) is 0.333. The number of fused-ring (bicyclic) bond motifs is 1. The number of ether oxygens (including phenoxy) is 1. The van der Waals surface area contributed by atoms with Crippen LogP contribution in [0.25, 0.3) is 11.0 Å². The van der Waals surface area contributed by atoms with Gasteiger partial charge in [0.05, 0.1) is 7.11 Å². The molecular weight excluding hydrogens is 246 g/mol. The van der Waals surface area contributed by atoms with Gasteiger partial charge >= 0.3 is 0 Å². The van der Waals surface area contributed by atoms with Crippen LogP contribution in [0.5, 0.6) is 5.75 Å². The molecule has 92 valence electrons. The minimum Gasteiger partial charge on any atom is -0.494 e. The van der Waals surface area contributed by atoms with Gasteiger partial charge in [-0.3, -0.25) is 0 Å². The lowest BCUT2D eigenvalue weighted by Gasteiger charge is -2.11. The van der Waals surface area contributed by atoms with Crippen molar-refractivity contribution in [2.75, 3.05) is 21.2 Å². The Morgan fingerprint density at radius 3 is 2.47 bits per heavy atom. The molecule has 0 spiro atoms. The second kappa shape index (κ2) is 3.97. The minimum atomic E-state index is -3.58. The van der Waals surface area contributed by atoms with Crippen molar-refractivity contribution in [2.45, 2.75) is 4.90 Å². The molecular formula is C9H11N3O4S. The van der Waals surface area contributed by atoms with Crippen molar-refractivity contribution in [3.05, 3.63) is 12.1 Å². The van der Waals surface area contributed by atoms with Crippen LogP contribution in [0.15, 0.2) is 21.7 Å². The summed E-state index contributed by atoms with van der Waals surface area (Å²) < 4.78 is 34.7. The molecule has 1 aromatic heterocycles. The van der Waals surface area contributed by atoms with Crippen LogP contribution in [0.3, 0.4) is 0 Å². The molecule has 0 N–H and O–H groups in total. The maximum atomic E-state index is 12.0. The predicted octanol–water partition coefficient (Wildman–Crippen LogP) is 0.482. The summed E-state index contributed by atoms with van der Waals surface area (Å²) in [6.07, 6.45) is 0. The number of methoxy groups -OCH3 is 1. The lowest BCUT2D eigenvalue weighted by Crippen LogP contribution is -2.22. The van der Waals surface area contributed by atoms with Crippen molar-refractivity contribution in [3.8, 4) is 5.75 Å². The van der Waals surface area contributed by atoms with E-state index in [1.54, 1.807) is 0 Å². The Kier molecular flexibility index (Phi) is 2.76. The summed E-state index contributed by atoms with van der Waals surface area (Å²) >= 11 is 0. The van der Waals surface area contributed by atoms with E-state index in [4.69, 9.17) is 4.74 Å². The van der Waals surface area contributed by atoms with Gasteiger partial charge < -0.3 is 4.74 Å². The van der Waals surface area contributed by atoms with Crippen LogP contribution in [-0.2, 0) is 10.0 Å². The average molecular weight is 257 g/mol. The van der Waals surface area contributed by atoms with Crippen LogP contribution in [-0.4, -0.2) is 44.2 Å². The molecule has 0 radical (unpaired) electrons. The van der Waals surface area contributed by atoms with E-state index in [1.807, 2.05) is 0 Å². The normalized spacial score (nSPS) is 12.2. The Hall–Kier alpha value is -1.67. The van der Waals surface area contributed by atoms with Crippen molar-refractivity contribution >= 4 is 21.1 Å². The molecule has 1 heterocycles. The molecule has 0 amide bonds. The SMILES string of the molecule is COc1ccc(S(=O)(=O)N(C)C)c2nonc12. The molecule has 0 aliphatic rings. The van der Waals surface area contributed by atoms with E-state index < -0.39 is 10.0 Å². The zero-order chi connectivity index (χ0) is 12.6. The molecule has 1 aromatic carbocycles. The average Bonchev–Trinajstić information content (AvgIpc) is 2.75. The predicted molar refractivity (Wildman–Crippen MR) is 59.2 cm³/mol. The van der Waals surface area contributed by atoms with Gasteiger partial charge in [-0.15, -0.1) is 0 Å². The van der Waals surface area contributed by atoms with Gasteiger partial charge in [-0.05, 0) is 22.4 Å². The molecule has 0 unspecified atom stereocenters. The van der Waals surface area contributed by atoms with Gasteiger partial charge in [0, 0.05) is 14.1 Å². The first-order chi connectivity index (χ1) is 7.98. The lowest BCUT2D eigenvalue weighted by atomic mass is 10.3. The number of rotatable bonds is 3. The van der Waals surface area contributed by atoms with Gasteiger partial charge in [0.25, 0.3) is 0 Å². The van der Waals surface area contributed by atoms with Crippen molar-refractivity contribution < 1.29 is 17.8 Å². The minimum absolute atomic E-state index is 0.0413. The van der Waals surface area contributed by atoms with E-state index in [9.17, 15) is 8.42 Å². The Labute approximate surface area is 98.0 Å². The Morgan fingerprint density at radius 2 is 1.88 bits per heavy atom. The highest BCUT2D eigenvalue weighted by atomic mass is 32.2. The number of hydrogen-bond donors (Lipinski definition) is 0.